The zero-order valence-electron chi connectivity index (χ0n) is 15.4. The number of benzene rings is 2. The van der Waals surface area contributed by atoms with Crippen molar-refractivity contribution in [3.05, 3.63) is 71.8 Å². The standard InChI is InChI=1S/C21H27N3O.ClH/c1-16(17-9-5-3-6-10-17)23(2)21(25)15-24-13-19(20(22)14-24)18-11-7-4-8-12-18;/h3-12,16,19-20H,13-15,22H2,1-2H3;1H/t16?,19-,20+;/m0./s1. The van der Waals surface area contributed by atoms with Gasteiger partial charge in [0.15, 0.2) is 0 Å². The number of amides is 1. The van der Waals surface area contributed by atoms with Crippen LogP contribution in [-0.4, -0.2) is 48.4 Å². The molecule has 26 heavy (non-hydrogen) atoms. The van der Waals surface area contributed by atoms with E-state index in [2.05, 4.69) is 36.1 Å². The summed E-state index contributed by atoms with van der Waals surface area (Å²) in [5.41, 5.74) is 8.75. The van der Waals surface area contributed by atoms with Gasteiger partial charge in [-0.05, 0) is 18.1 Å². The lowest BCUT2D eigenvalue weighted by molar-refractivity contribution is -0.132. The summed E-state index contributed by atoms with van der Waals surface area (Å²) >= 11 is 0. The highest BCUT2D eigenvalue weighted by Crippen LogP contribution is 2.26. The van der Waals surface area contributed by atoms with Gasteiger partial charge in [0.1, 0.15) is 0 Å². The van der Waals surface area contributed by atoms with Crippen molar-refractivity contribution in [1.82, 2.24) is 9.80 Å². The first-order valence-corrected chi connectivity index (χ1v) is 8.89. The lowest BCUT2D eigenvalue weighted by atomic mass is 9.95. The minimum Gasteiger partial charge on any atom is -0.338 e. The number of hydrogen-bond donors (Lipinski definition) is 1. The zero-order chi connectivity index (χ0) is 17.8. The zero-order valence-corrected chi connectivity index (χ0v) is 16.2. The van der Waals surface area contributed by atoms with Gasteiger partial charge in [0, 0.05) is 32.1 Å². The van der Waals surface area contributed by atoms with Crippen molar-refractivity contribution >= 4 is 18.3 Å². The van der Waals surface area contributed by atoms with Crippen molar-refractivity contribution in [2.45, 2.75) is 24.9 Å². The largest absolute Gasteiger partial charge is 0.338 e. The lowest BCUT2D eigenvalue weighted by Crippen LogP contribution is -2.39. The Bertz CT molecular complexity index is 695. The number of nitrogens with two attached hydrogens (primary N) is 1. The van der Waals surface area contributed by atoms with E-state index in [1.165, 1.54) is 5.56 Å². The molecule has 1 aliphatic heterocycles. The molecule has 0 saturated carbocycles. The summed E-state index contributed by atoms with van der Waals surface area (Å²) in [6, 6.07) is 20.6. The van der Waals surface area contributed by atoms with Gasteiger partial charge in [-0.15, -0.1) is 12.4 Å². The molecule has 2 N–H and O–H groups in total. The third-order valence-electron chi connectivity index (χ3n) is 5.28. The fraction of sp³-hybridized carbons (Fsp3) is 0.381. The third-order valence-corrected chi connectivity index (χ3v) is 5.28. The van der Waals surface area contributed by atoms with Crippen molar-refractivity contribution < 1.29 is 4.79 Å². The maximum Gasteiger partial charge on any atom is 0.236 e. The van der Waals surface area contributed by atoms with Gasteiger partial charge in [-0.2, -0.15) is 0 Å². The number of hydrogen-bond acceptors (Lipinski definition) is 3. The second-order valence-corrected chi connectivity index (χ2v) is 6.97. The summed E-state index contributed by atoms with van der Waals surface area (Å²) in [5.74, 6) is 0.433. The van der Waals surface area contributed by atoms with Crippen LogP contribution in [0.1, 0.15) is 30.0 Å². The van der Waals surface area contributed by atoms with Gasteiger partial charge < -0.3 is 10.6 Å². The first-order valence-electron chi connectivity index (χ1n) is 8.89. The van der Waals surface area contributed by atoms with Crippen LogP contribution in [0.5, 0.6) is 0 Å². The van der Waals surface area contributed by atoms with Crippen LogP contribution >= 0.6 is 12.4 Å². The van der Waals surface area contributed by atoms with Crippen LogP contribution in [0.2, 0.25) is 0 Å². The van der Waals surface area contributed by atoms with E-state index in [-0.39, 0.29) is 30.4 Å². The SMILES string of the molecule is CC(c1ccccc1)N(C)C(=O)CN1C[C@@H](N)[C@H](c2ccccc2)C1.Cl. The van der Waals surface area contributed by atoms with E-state index < -0.39 is 0 Å². The molecule has 0 bridgehead atoms. The smallest absolute Gasteiger partial charge is 0.236 e. The Morgan fingerprint density at radius 3 is 2.31 bits per heavy atom. The topological polar surface area (TPSA) is 49.6 Å². The van der Waals surface area contributed by atoms with Gasteiger partial charge in [0.05, 0.1) is 12.6 Å². The number of carbonyl (C=O) groups is 1. The van der Waals surface area contributed by atoms with E-state index in [1.807, 2.05) is 48.3 Å². The maximum atomic E-state index is 12.7. The predicted molar refractivity (Wildman–Crippen MR) is 108 cm³/mol. The van der Waals surface area contributed by atoms with E-state index in [0.29, 0.717) is 12.5 Å². The number of likely N-dealkylation sites (N-methyl/N-ethyl adjacent to an activating group) is 1. The van der Waals surface area contributed by atoms with E-state index in [1.54, 1.807) is 0 Å². The first-order chi connectivity index (χ1) is 12.1. The highest BCUT2D eigenvalue weighted by Gasteiger charge is 2.32. The Morgan fingerprint density at radius 1 is 1.12 bits per heavy atom. The van der Waals surface area contributed by atoms with E-state index in [9.17, 15) is 4.79 Å². The minimum absolute atomic E-state index is 0. The molecule has 0 aromatic heterocycles. The lowest BCUT2D eigenvalue weighted by Gasteiger charge is -2.27. The molecule has 1 fully saturated rings. The molecule has 1 saturated heterocycles. The summed E-state index contributed by atoms with van der Waals surface area (Å²) in [6.45, 7) is 4.09. The molecule has 3 atom stereocenters. The highest BCUT2D eigenvalue weighted by molar-refractivity contribution is 5.85. The Kier molecular flexibility index (Phi) is 7.21. The van der Waals surface area contributed by atoms with E-state index in [0.717, 1.165) is 18.7 Å². The molecule has 4 nitrogen and oxygen atoms in total. The summed E-state index contributed by atoms with van der Waals surface area (Å²) < 4.78 is 0. The Balaban J connectivity index is 0.00000243. The van der Waals surface area contributed by atoms with Crippen LogP contribution in [0.25, 0.3) is 0 Å². The summed E-state index contributed by atoms with van der Waals surface area (Å²) in [4.78, 5) is 16.7. The molecule has 1 aliphatic rings. The number of halogens is 1. The van der Waals surface area contributed by atoms with Crippen LogP contribution in [0.4, 0.5) is 0 Å². The molecule has 140 valence electrons. The molecule has 2 aromatic carbocycles. The van der Waals surface area contributed by atoms with Gasteiger partial charge in [-0.25, -0.2) is 0 Å². The van der Waals surface area contributed by atoms with Crippen molar-refractivity contribution in [3.63, 3.8) is 0 Å². The van der Waals surface area contributed by atoms with E-state index >= 15 is 0 Å². The molecule has 3 rings (SSSR count). The summed E-state index contributed by atoms with van der Waals surface area (Å²) in [5, 5.41) is 0. The average Bonchev–Trinajstić information content (AvgIpc) is 3.02. The molecule has 1 unspecified atom stereocenters. The molecule has 5 heteroatoms. The first kappa shape index (κ1) is 20.4. The second kappa shape index (κ2) is 9.17. The number of likely N-dealkylation sites (tertiary alicyclic amines) is 1. The van der Waals surface area contributed by atoms with E-state index in [4.69, 9.17) is 5.73 Å². The van der Waals surface area contributed by atoms with Gasteiger partial charge >= 0.3 is 0 Å². The van der Waals surface area contributed by atoms with Crippen molar-refractivity contribution in [2.24, 2.45) is 5.73 Å². The summed E-state index contributed by atoms with van der Waals surface area (Å²) in [6.07, 6.45) is 0. The van der Waals surface area contributed by atoms with Crippen LogP contribution in [0.15, 0.2) is 60.7 Å². The third kappa shape index (κ3) is 4.64. The molecular formula is C21H28ClN3O. The maximum absolute atomic E-state index is 12.7. The Hall–Kier alpha value is -1.88. The summed E-state index contributed by atoms with van der Waals surface area (Å²) in [7, 11) is 1.88. The van der Waals surface area contributed by atoms with Crippen molar-refractivity contribution in [3.8, 4) is 0 Å². The Labute approximate surface area is 162 Å². The monoisotopic (exact) mass is 373 g/mol. The van der Waals surface area contributed by atoms with Crippen LogP contribution < -0.4 is 5.73 Å². The Morgan fingerprint density at radius 2 is 1.69 bits per heavy atom. The van der Waals surface area contributed by atoms with Gasteiger partial charge in [-0.1, -0.05) is 60.7 Å². The van der Waals surface area contributed by atoms with Crippen molar-refractivity contribution in [1.29, 1.82) is 0 Å². The normalized spacial score (nSPS) is 21.0. The molecule has 0 spiro atoms. The quantitative estimate of drug-likeness (QED) is 0.876. The number of rotatable bonds is 5. The fourth-order valence-electron chi connectivity index (χ4n) is 3.57. The van der Waals surface area contributed by atoms with Crippen LogP contribution in [0, 0.1) is 0 Å². The van der Waals surface area contributed by atoms with Crippen LogP contribution in [0.3, 0.4) is 0 Å². The number of carbonyl (C=O) groups excluding carboxylic acids is 1. The molecule has 0 radical (unpaired) electrons. The minimum atomic E-state index is 0. The fourth-order valence-corrected chi connectivity index (χ4v) is 3.57. The van der Waals surface area contributed by atoms with Gasteiger partial charge in [0.25, 0.3) is 0 Å². The number of nitrogens with zero attached hydrogens (tertiary/aromatic N) is 2. The predicted octanol–water partition coefficient (Wildman–Crippen LogP) is 3.05. The highest BCUT2D eigenvalue weighted by atomic mass is 35.5. The van der Waals surface area contributed by atoms with Crippen LogP contribution in [-0.2, 0) is 4.79 Å². The molecule has 2 aromatic rings. The molecule has 0 aliphatic carbocycles. The van der Waals surface area contributed by atoms with Gasteiger partial charge in [0.2, 0.25) is 5.91 Å². The molecule has 1 heterocycles. The molecule has 1 amide bonds. The van der Waals surface area contributed by atoms with Gasteiger partial charge in [-0.3, -0.25) is 9.69 Å². The molecular weight excluding hydrogens is 346 g/mol. The van der Waals surface area contributed by atoms with Crippen molar-refractivity contribution in [2.75, 3.05) is 26.7 Å². The second-order valence-electron chi connectivity index (χ2n) is 6.97. The average molecular weight is 374 g/mol.